The van der Waals surface area contributed by atoms with Crippen LogP contribution in [0.3, 0.4) is 0 Å². The van der Waals surface area contributed by atoms with Crippen LogP contribution in [0.5, 0.6) is 5.75 Å². The fraction of sp³-hybridized carbons (Fsp3) is 0.324. The van der Waals surface area contributed by atoms with Gasteiger partial charge in [-0.05, 0) is 71.7 Å². The Morgan fingerprint density at radius 2 is 1.62 bits per heavy atom. The molecule has 0 aliphatic carbocycles. The second-order valence-corrected chi connectivity index (χ2v) is 12.9. The minimum absolute atomic E-state index is 0.0209. The number of amidine groups is 1. The molecule has 1 aliphatic rings. The van der Waals surface area contributed by atoms with Crippen LogP contribution in [0, 0.1) is 0 Å². The van der Waals surface area contributed by atoms with E-state index in [0.29, 0.717) is 17.1 Å². The van der Waals surface area contributed by atoms with Gasteiger partial charge < -0.3 is 15.4 Å². The van der Waals surface area contributed by atoms with Crippen molar-refractivity contribution < 1.29 is 19.1 Å². The zero-order valence-electron chi connectivity index (χ0n) is 27.8. The van der Waals surface area contributed by atoms with E-state index < -0.39 is 11.9 Å². The Bertz CT molecular complexity index is 1780. The minimum atomic E-state index is -0.945. The summed E-state index contributed by atoms with van der Waals surface area (Å²) in [4.78, 5) is 39.8. The first-order valence-electron chi connectivity index (χ1n) is 15.9. The maximum Gasteiger partial charge on any atom is 0.280 e. The Morgan fingerprint density at radius 1 is 0.872 bits per heavy atom. The predicted octanol–water partition coefficient (Wildman–Crippen LogP) is 6.61. The lowest BCUT2D eigenvalue weighted by Crippen LogP contribution is -2.38. The van der Waals surface area contributed by atoms with Crippen molar-refractivity contribution in [2.75, 3.05) is 16.9 Å². The normalized spacial score (nSPS) is 14.9. The fourth-order valence-corrected chi connectivity index (χ4v) is 5.23. The molecule has 4 aromatic rings. The predicted molar refractivity (Wildman–Crippen MR) is 184 cm³/mol. The number of anilines is 2. The van der Waals surface area contributed by atoms with Crippen molar-refractivity contribution in [3.63, 3.8) is 0 Å². The summed E-state index contributed by atoms with van der Waals surface area (Å²) in [5.74, 6) is -0.389. The summed E-state index contributed by atoms with van der Waals surface area (Å²) >= 11 is 0. The number of para-hydroxylation sites is 1. The molecule has 47 heavy (non-hydrogen) atoms. The van der Waals surface area contributed by atoms with E-state index in [1.54, 1.807) is 67.0 Å². The van der Waals surface area contributed by atoms with Crippen molar-refractivity contribution in [1.82, 2.24) is 15.1 Å². The molecule has 0 saturated heterocycles. The van der Waals surface area contributed by atoms with Gasteiger partial charge in [0.25, 0.3) is 17.7 Å². The number of carbonyl (C=O) groups is 3. The quantitative estimate of drug-likeness (QED) is 0.193. The monoisotopic (exact) mass is 634 g/mol. The molecule has 1 aromatic heterocycles. The van der Waals surface area contributed by atoms with Gasteiger partial charge in [0.2, 0.25) is 0 Å². The lowest BCUT2D eigenvalue weighted by Gasteiger charge is -2.30. The average Bonchev–Trinajstić information content (AvgIpc) is 3.71. The smallest absolute Gasteiger partial charge is 0.280 e. The molecule has 1 atom stereocenters. The number of rotatable bonds is 11. The Balaban J connectivity index is 1.28. The van der Waals surface area contributed by atoms with Crippen LogP contribution >= 0.6 is 0 Å². The number of hydrazone groups is 1. The van der Waals surface area contributed by atoms with Gasteiger partial charge in [0.05, 0.1) is 5.69 Å². The highest BCUT2D eigenvalue weighted by Crippen LogP contribution is 2.38. The van der Waals surface area contributed by atoms with Gasteiger partial charge in [-0.3, -0.25) is 19.1 Å². The molecule has 1 unspecified atom stereocenters. The van der Waals surface area contributed by atoms with Crippen molar-refractivity contribution in [3.8, 4) is 5.75 Å². The molecule has 0 radical (unpaired) electrons. The molecular weight excluding hydrogens is 592 g/mol. The van der Waals surface area contributed by atoms with Crippen molar-refractivity contribution in [2.24, 2.45) is 5.10 Å². The number of benzene rings is 3. The number of ether oxygens (including phenoxy) is 1. The van der Waals surface area contributed by atoms with Crippen LogP contribution in [0.1, 0.15) is 81.9 Å². The SMILES string of the molecule is CCC(C)(C)c1ccc(OCC(=O)Nc2cccc(C(=O)NC3=NN(c4ccccc4)C(=O)C3n3cccn3)c2)c(C(C)(C)CC)c1. The maximum atomic E-state index is 13.4. The van der Waals surface area contributed by atoms with Gasteiger partial charge in [0.15, 0.2) is 18.5 Å². The summed E-state index contributed by atoms with van der Waals surface area (Å²) in [5, 5.41) is 15.5. The van der Waals surface area contributed by atoms with Crippen LogP contribution in [0.25, 0.3) is 0 Å². The Labute approximate surface area is 275 Å². The Hall–Kier alpha value is -5.25. The number of hydrogen-bond donors (Lipinski definition) is 2. The zero-order valence-corrected chi connectivity index (χ0v) is 27.8. The molecule has 2 N–H and O–H groups in total. The fourth-order valence-electron chi connectivity index (χ4n) is 5.23. The van der Waals surface area contributed by atoms with E-state index in [0.717, 1.165) is 18.4 Å². The highest BCUT2D eigenvalue weighted by molar-refractivity contribution is 6.21. The van der Waals surface area contributed by atoms with Gasteiger partial charge in [0, 0.05) is 29.2 Å². The van der Waals surface area contributed by atoms with Gasteiger partial charge in [-0.25, -0.2) is 0 Å². The van der Waals surface area contributed by atoms with Crippen LogP contribution < -0.4 is 20.4 Å². The molecule has 2 heterocycles. The number of carbonyl (C=O) groups excluding carboxylic acids is 3. The molecular formula is C37H42N6O4. The number of nitrogens with one attached hydrogen (secondary N) is 2. The number of aromatic nitrogens is 2. The second kappa shape index (κ2) is 13.6. The number of amides is 3. The van der Waals surface area contributed by atoms with Crippen LogP contribution in [0.15, 0.2) is 96.4 Å². The molecule has 5 rings (SSSR count). The molecule has 0 saturated carbocycles. The van der Waals surface area contributed by atoms with Crippen molar-refractivity contribution in [1.29, 1.82) is 0 Å². The van der Waals surface area contributed by atoms with Crippen molar-refractivity contribution in [3.05, 3.63) is 108 Å². The van der Waals surface area contributed by atoms with E-state index in [9.17, 15) is 14.4 Å². The molecule has 0 fully saturated rings. The van der Waals surface area contributed by atoms with Gasteiger partial charge in [-0.2, -0.15) is 10.1 Å². The molecule has 10 nitrogen and oxygen atoms in total. The highest BCUT2D eigenvalue weighted by atomic mass is 16.5. The molecule has 10 heteroatoms. The molecule has 1 aliphatic heterocycles. The van der Waals surface area contributed by atoms with Gasteiger partial charge >= 0.3 is 0 Å². The van der Waals surface area contributed by atoms with E-state index in [-0.39, 0.29) is 40.7 Å². The first-order chi connectivity index (χ1) is 22.4. The average molecular weight is 635 g/mol. The summed E-state index contributed by atoms with van der Waals surface area (Å²) in [5.41, 5.74) is 3.45. The minimum Gasteiger partial charge on any atom is -0.483 e. The molecule has 3 aromatic carbocycles. The Morgan fingerprint density at radius 3 is 2.30 bits per heavy atom. The van der Waals surface area contributed by atoms with Crippen LogP contribution in [0.4, 0.5) is 11.4 Å². The summed E-state index contributed by atoms with van der Waals surface area (Å²) in [6, 6.07) is 22.5. The molecule has 0 spiro atoms. The Kier molecular flexibility index (Phi) is 9.60. The standard InChI is InChI=1S/C37H42N6O4/c1-7-36(3,4)26-18-19-30(29(23-26)37(5,6)8-2)47-24-31(44)39-27-15-12-14-25(22-27)34(45)40-33-32(42-21-13-20-38-42)35(46)43(41-33)28-16-10-9-11-17-28/h9-23,32H,7-8,24H2,1-6H3,(H,39,44)(H,40,41,45). The first-order valence-corrected chi connectivity index (χ1v) is 15.9. The third-order valence-corrected chi connectivity index (χ3v) is 8.97. The van der Waals surface area contributed by atoms with Crippen molar-refractivity contribution >= 4 is 34.9 Å². The zero-order chi connectivity index (χ0) is 33.8. The molecule has 0 bridgehead atoms. The van der Waals surface area contributed by atoms with Crippen molar-refractivity contribution in [2.45, 2.75) is 71.3 Å². The van der Waals surface area contributed by atoms with Crippen LogP contribution in [-0.4, -0.2) is 39.9 Å². The third-order valence-electron chi connectivity index (χ3n) is 8.97. The highest BCUT2D eigenvalue weighted by Gasteiger charge is 2.39. The summed E-state index contributed by atoms with van der Waals surface area (Å²) in [6.45, 7) is 12.9. The number of nitrogens with zero attached hydrogens (tertiary/aromatic N) is 4. The lowest BCUT2D eigenvalue weighted by molar-refractivity contribution is -0.119. The maximum absolute atomic E-state index is 13.4. The third kappa shape index (κ3) is 7.27. The molecule has 244 valence electrons. The van der Waals surface area contributed by atoms with E-state index in [1.807, 2.05) is 12.1 Å². The van der Waals surface area contributed by atoms with E-state index in [2.05, 4.69) is 74.5 Å². The first kappa shape index (κ1) is 33.1. The summed E-state index contributed by atoms with van der Waals surface area (Å²) in [6.07, 6.45) is 5.11. The largest absolute Gasteiger partial charge is 0.483 e. The summed E-state index contributed by atoms with van der Waals surface area (Å²) in [7, 11) is 0. The number of hydrogen-bond acceptors (Lipinski definition) is 6. The van der Waals surface area contributed by atoms with E-state index >= 15 is 0 Å². The summed E-state index contributed by atoms with van der Waals surface area (Å²) < 4.78 is 7.53. The van der Waals surface area contributed by atoms with Crippen LogP contribution in [-0.2, 0) is 20.4 Å². The van der Waals surface area contributed by atoms with E-state index in [1.165, 1.54) is 15.3 Å². The molecule has 3 amide bonds. The van der Waals surface area contributed by atoms with Gasteiger partial charge in [-0.1, -0.05) is 77.9 Å². The van der Waals surface area contributed by atoms with E-state index in [4.69, 9.17) is 4.74 Å². The lowest BCUT2D eigenvalue weighted by atomic mass is 9.76. The van der Waals surface area contributed by atoms with Gasteiger partial charge in [-0.15, -0.1) is 5.10 Å². The van der Waals surface area contributed by atoms with Gasteiger partial charge in [0.1, 0.15) is 5.75 Å². The topological polar surface area (TPSA) is 118 Å². The second-order valence-electron chi connectivity index (χ2n) is 12.9. The van der Waals surface area contributed by atoms with Crippen LogP contribution in [0.2, 0.25) is 0 Å².